The Bertz CT molecular complexity index is 399. The lowest BCUT2D eigenvalue weighted by Crippen LogP contribution is -2.29. The molecule has 2 unspecified atom stereocenters. The van der Waals surface area contributed by atoms with Crippen LogP contribution in [-0.4, -0.2) is 47.3 Å². The minimum absolute atomic E-state index is 0.0794. The van der Waals surface area contributed by atoms with Crippen LogP contribution in [0.25, 0.3) is 0 Å². The number of hydrogen-bond donors (Lipinski definition) is 4. The van der Waals surface area contributed by atoms with Crippen LogP contribution in [0.4, 0.5) is 13.2 Å². The molecule has 0 aromatic carbocycles. The molecule has 0 radical (unpaired) electrons. The Labute approximate surface area is 102 Å². The van der Waals surface area contributed by atoms with Crippen LogP contribution in [0.1, 0.15) is 0 Å². The topological polar surface area (TPSA) is 72.7 Å². The number of halogens is 3. The van der Waals surface area contributed by atoms with E-state index in [-0.39, 0.29) is 6.54 Å². The van der Waals surface area contributed by atoms with E-state index in [1.807, 2.05) is 0 Å². The number of aliphatic hydroxyl groups excluding tert-OH is 3. The molecule has 0 heterocycles. The van der Waals surface area contributed by atoms with Gasteiger partial charge in [-0.15, -0.1) is 0 Å². The van der Waals surface area contributed by atoms with Crippen molar-refractivity contribution in [1.82, 2.24) is 5.32 Å². The highest BCUT2D eigenvalue weighted by Gasteiger charge is 2.39. The van der Waals surface area contributed by atoms with Gasteiger partial charge < -0.3 is 20.6 Å². The van der Waals surface area contributed by atoms with Crippen molar-refractivity contribution in [3.05, 3.63) is 35.1 Å². The molecule has 102 valence electrons. The molecule has 7 heteroatoms. The highest BCUT2D eigenvalue weighted by atomic mass is 19.4. The lowest BCUT2D eigenvalue weighted by molar-refractivity contribution is -0.0916. The molecule has 0 aliphatic heterocycles. The molecule has 0 fully saturated rings. The van der Waals surface area contributed by atoms with Crippen molar-refractivity contribution in [2.24, 2.45) is 0 Å². The van der Waals surface area contributed by atoms with Crippen molar-refractivity contribution in [1.29, 1.82) is 0 Å². The molecule has 18 heavy (non-hydrogen) atoms. The quantitative estimate of drug-likeness (QED) is 0.609. The van der Waals surface area contributed by atoms with Gasteiger partial charge in [-0.3, -0.25) is 0 Å². The zero-order valence-corrected chi connectivity index (χ0v) is 9.57. The van der Waals surface area contributed by atoms with Gasteiger partial charge >= 0.3 is 6.18 Å². The fraction of sp³-hybridized carbons (Fsp3) is 0.455. The number of hydrogen-bond acceptors (Lipinski definition) is 4. The molecule has 2 atom stereocenters. The third-order valence-electron chi connectivity index (χ3n) is 2.43. The zero-order chi connectivity index (χ0) is 13.9. The predicted octanol–water partition coefficient (Wildman–Crippen LogP) is 0.798. The molecule has 0 amide bonds. The molecule has 0 aromatic rings. The van der Waals surface area contributed by atoms with E-state index >= 15 is 0 Å². The Balaban J connectivity index is 3.20. The maximum absolute atomic E-state index is 12.8. The third kappa shape index (κ3) is 3.34. The van der Waals surface area contributed by atoms with E-state index < -0.39 is 35.3 Å². The molecule has 0 aromatic heterocycles. The van der Waals surface area contributed by atoms with Gasteiger partial charge in [-0.05, 0) is 24.8 Å². The summed E-state index contributed by atoms with van der Waals surface area (Å²) >= 11 is 0. The van der Waals surface area contributed by atoms with Gasteiger partial charge in [-0.25, -0.2) is 0 Å². The SMILES string of the molecule is CNCC(O)C1=CC=C(O)C(O)C=C1C(F)(F)F. The standard InChI is InChI=1S/C11H14F3NO3/c1-15-5-10(18)6-2-3-8(16)9(17)4-7(6)11(12,13)14/h2-4,9-10,15-18H,5H2,1H3. The van der Waals surface area contributed by atoms with Crippen LogP contribution in [0.15, 0.2) is 35.1 Å². The van der Waals surface area contributed by atoms with Crippen LogP contribution in [0, 0.1) is 0 Å². The van der Waals surface area contributed by atoms with Crippen LogP contribution in [0.5, 0.6) is 0 Å². The largest absolute Gasteiger partial charge is 0.509 e. The monoisotopic (exact) mass is 265 g/mol. The van der Waals surface area contributed by atoms with Crippen molar-refractivity contribution in [2.75, 3.05) is 13.6 Å². The summed E-state index contributed by atoms with van der Waals surface area (Å²) < 4.78 is 38.4. The second-order valence-electron chi connectivity index (χ2n) is 3.81. The summed E-state index contributed by atoms with van der Waals surface area (Å²) in [7, 11) is 1.49. The maximum Gasteiger partial charge on any atom is 0.416 e. The van der Waals surface area contributed by atoms with Crippen molar-refractivity contribution in [3.63, 3.8) is 0 Å². The smallest absolute Gasteiger partial charge is 0.416 e. The minimum atomic E-state index is -4.72. The molecule has 1 rings (SSSR count). The average molecular weight is 265 g/mol. The third-order valence-corrected chi connectivity index (χ3v) is 2.43. The first kappa shape index (κ1) is 14.7. The average Bonchev–Trinajstić information content (AvgIpc) is 2.39. The highest BCUT2D eigenvalue weighted by Crippen LogP contribution is 2.34. The van der Waals surface area contributed by atoms with Crippen molar-refractivity contribution in [2.45, 2.75) is 18.4 Å². The molecule has 1 aliphatic rings. The van der Waals surface area contributed by atoms with Crippen LogP contribution in [-0.2, 0) is 0 Å². The van der Waals surface area contributed by atoms with Gasteiger partial charge in [0.25, 0.3) is 0 Å². The second-order valence-corrected chi connectivity index (χ2v) is 3.81. The van der Waals surface area contributed by atoms with Gasteiger partial charge in [0.1, 0.15) is 11.9 Å². The normalized spacial score (nSPS) is 22.8. The summed E-state index contributed by atoms with van der Waals surface area (Å²) in [5.74, 6) is -0.608. The van der Waals surface area contributed by atoms with Crippen LogP contribution < -0.4 is 5.32 Å². The summed E-state index contributed by atoms with van der Waals surface area (Å²) in [5.41, 5.74) is -1.56. The van der Waals surface area contributed by atoms with Gasteiger partial charge in [0.05, 0.1) is 11.7 Å². The van der Waals surface area contributed by atoms with E-state index in [9.17, 15) is 28.5 Å². The number of likely N-dealkylation sites (N-methyl/N-ethyl adjacent to an activating group) is 1. The Morgan fingerprint density at radius 3 is 2.50 bits per heavy atom. The van der Waals surface area contributed by atoms with Crippen molar-refractivity contribution >= 4 is 0 Å². The summed E-state index contributed by atoms with van der Waals surface area (Å²) in [6.45, 7) is -0.0794. The van der Waals surface area contributed by atoms with E-state index in [1.165, 1.54) is 7.05 Å². The van der Waals surface area contributed by atoms with E-state index in [0.29, 0.717) is 6.08 Å². The van der Waals surface area contributed by atoms with Gasteiger partial charge in [0.2, 0.25) is 0 Å². The number of aliphatic hydroxyl groups is 3. The summed E-state index contributed by atoms with van der Waals surface area (Å²) in [6.07, 6.45) is -5.49. The Kier molecular flexibility index (Phi) is 4.55. The lowest BCUT2D eigenvalue weighted by Gasteiger charge is -2.19. The van der Waals surface area contributed by atoms with Crippen molar-refractivity contribution in [3.8, 4) is 0 Å². The lowest BCUT2D eigenvalue weighted by atomic mass is 9.99. The van der Waals surface area contributed by atoms with Crippen LogP contribution in [0.2, 0.25) is 0 Å². The van der Waals surface area contributed by atoms with Crippen LogP contribution in [0.3, 0.4) is 0 Å². The van der Waals surface area contributed by atoms with Gasteiger partial charge in [-0.2, -0.15) is 13.2 Å². The molecule has 0 spiro atoms. The summed E-state index contributed by atoms with van der Waals surface area (Å²) in [5, 5.41) is 30.7. The van der Waals surface area contributed by atoms with Gasteiger partial charge in [0, 0.05) is 6.54 Å². The van der Waals surface area contributed by atoms with Gasteiger partial charge in [0.15, 0.2) is 0 Å². The zero-order valence-electron chi connectivity index (χ0n) is 9.57. The highest BCUT2D eigenvalue weighted by molar-refractivity contribution is 5.44. The number of alkyl halides is 3. The Morgan fingerprint density at radius 1 is 1.39 bits per heavy atom. The molecule has 0 bridgehead atoms. The molecular weight excluding hydrogens is 251 g/mol. The second kappa shape index (κ2) is 5.55. The van der Waals surface area contributed by atoms with E-state index in [4.69, 9.17) is 0 Å². The molecule has 0 saturated heterocycles. The first-order valence-corrected chi connectivity index (χ1v) is 5.18. The van der Waals surface area contributed by atoms with Crippen LogP contribution >= 0.6 is 0 Å². The van der Waals surface area contributed by atoms with E-state index in [2.05, 4.69) is 5.32 Å². The predicted molar refractivity (Wildman–Crippen MR) is 58.9 cm³/mol. The summed E-state index contributed by atoms with van der Waals surface area (Å²) in [4.78, 5) is 0. The molecular formula is C11H14F3NO3. The molecule has 4 N–H and O–H groups in total. The molecule has 4 nitrogen and oxygen atoms in total. The maximum atomic E-state index is 12.8. The summed E-state index contributed by atoms with van der Waals surface area (Å²) in [6, 6.07) is 0. The fourth-order valence-corrected chi connectivity index (χ4v) is 1.56. The fourth-order valence-electron chi connectivity index (χ4n) is 1.56. The van der Waals surface area contributed by atoms with E-state index in [0.717, 1.165) is 12.2 Å². The van der Waals surface area contributed by atoms with Gasteiger partial charge in [-0.1, -0.05) is 6.08 Å². The Hall–Kier alpha value is -1.31. The first-order chi connectivity index (χ1) is 8.27. The number of rotatable bonds is 3. The minimum Gasteiger partial charge on any atom is -0.509 e. The van der Waals surface area contributed by atoms with Crippen molar-refractivity contribution < 1.29 is 28.5 Å². The Morgan fingerprint density at radius 2 is 2.00 bits per heavy atom. The molecule has 0 saturated carbocycles. The number of allylic oxidation sites excluding steroid dienone is 2. The molecule has 1 aliphatic carbocycles. The number of nitrogens with one attached hydrogen (secondary N) is 1. The first-order valence-electron chi connectivity index (χ1n) is 5.18. The van der Waals surface area contributed by atoms with E-state index in [1.54, 1.807) is 0 Å².